The van der Waals surface area contributed by atoms with E-state index in [4.69, 9.17) is 13.9 Å². The van der Waals surface area contributed by atoms with Crippen LogP contribution in [0.5, 0.6) is 0 Å². The molecule has 0 radical (unpaired) electrons. The Bertz CT molecular complexity index is 437. The largest absolute Gasteiger partial charge is 0.460 e. The number of rotatable bonds is 7. The quantitative estimate of drug-likeness (QED) is 0.710. The predicted octanol–water partition coefficient (Wildman–Crippen LogP) is 2.55. The van der Waals surface area contributed by atoms with Crippen molar-refractivity contribution in [3.05, 3.63) is 17.3 Å². The number of oxazole rings is 1. The van der Waals surface area contributed by atoms with Gasteiger partial charge in [-0.1, -0.05) is 6.92 Å². The van der Waals surface area contributed by atoms with Gasteiger partial charge in [-0.3, -0.25) is 0 Å². The minimum Gasteiger partial charge on any atom is -0.460 e. The lowest BCUT2D eigenvalue weighted by molar-refractivity contribution is 0.0485. The Morgan fingerprint density at radius 3 is 2.84 bits per heavy atom. The number of methoxy groups -OCH3 is 1. The highest BCUT2D eigenvalue weighted by Gasteiger charge is 2.34. The van der Waals surface area contributed by atoms with Gasteiger partial charge in [-0.05, 0) is 25.7 Å². The summed E-state index contributed by atoms with van der Waals surface area (Å²) in [7, 11) is 1.67. The first kappa shape index (κ1) is 14.1. The molecule has 19 heavy (non-hydrogen) atoms. The average molecular weight is 267 g/mol. The summed E-state index contributed by atoms with van der Waals surface area (Å²) >= 11 is 0. The second-order valence-electron chi connectivity index (χ2n) is 5.08. The maximum atomic E-state index is 11.8. The third-order valence-electron chi connectivity index (χ3n) is 3.10. The summed E-state index contributed by atoms with van der Waals surface area (Å²) in [6, 6.07) is 0. The molecule has 0 N–H and O–H groups in total. The first-order valence-electron chi connectivity index (χ1n) is 6.81. The number of hydrogen-bond donors (Lipinski definition) is 0. The number of carbonyl (C=O) groups excluding carboxylic acids is 1. The van der Waals surface area contributed by atoms with Crippen LogP contribution in [0.4, 0.5) is 0 Å². The summed E-state index contributed by atoms with van der Waals surface area (Å²) in [4.78, 5) is 16.3. The van der Waals surface area contributed by atoms with Crippen LogP contribution >= 0.6 is 0 Å². The summed E-state index contributed by atoms with van der Waals surface area (Å²) in [5.41, 5.74) is 0.776. The number of ether oxygens (including phenoxy) is 2. The van der Waals surface area contributed by atoms with Gasteiger partial charge in [0.25, 0.3) is 0 Å². The highest BCUT2D eigenvalue weighted by atomic mass is 16.5. The zero-order chi connectivity index (χ0) is 13.8. The molecule has 106 valence electrons. The van der Waals surface area contributed by atoms with E-state index in [-0.39, 0.29) is 0 Å². The zero-order valence-corrected chi connectivity index (χ0v) is 11.8. The van der Waals surface area contributed by atoms with Crippen LogP contribution in [0.15, 0.2) is 4.42 Å². The molecular formula is C14H21NO4. The van der Waals surface area contributed by atoms with Gasteiger partial charge in [-0.2, -0.15) is 0 Å². The van der Waals surface area contributed by atoms with Crippen molar-refractivity contribution in [1.29, 1.82) is 0 Å². The molecule has 0 saturated heterocycles. The van der Waals surface area contributed by atoms with E-state index in [9.17, 15) is 4.79 Å². The third-order valence-corrected chi connectivity index (χ3v) is 3.10. The first-order valence-corrected chi connectivity index (χ1v) is 6.81. The van der Waals surface area contributed by atoms with Gasteiger partial charge >= 0.3 is 5.97 Å². The van der Waals surface area contributed by atoms with Crippen molar-refractivity contribution >= 4 is 5.97 Å². The van der Waals surface area contributed by atoms with Crippen molar-refractivity contribution in [2.45, 2.75) is 39.0 Å². The van der Waals surface area contributed by atoms with Crippen LogP contribution in [0.25, 0.3) is 0 Å². The minimum atomic E-state index is -0.400. The fraction of sp³-hybridized carbons (Fsp3) is 0.714. The van der Waals surface area contributed by atoms with Crippen LogP contribution in [-0.4, -0.2) is 31.3 Å². The molecule has 1 unspecified atom stereocenters. The first-order chi connectivity index (χ1) is 9.15. The van der Waals surface area contributed by atoms with Crippen LogP contribution in [0.3, 0.4) is 0 Å². The maximum Gasteiger partial charge on any atom is 0.376 e. The van der Waals surface area contributed by atoms with Gasteiger partial charge in [0.05, 0.1) is 12.3 Å². The lowest BCUT2D eigenvalue weighted by Gasteiger charge is -2.06. The van der Waals surface area contributed by atoms with Crippen LogP contribution in [0.2, 0.25) is 0 Å². The number of esters is 1. The van der Waals surface area contributed by atoms with Gasteiger partial charge in [-0.25, -0.2) is 9.78 Å². The second-order valence-corrected chi connectivity index (χ2v) is 5.08. The number of nitrogens with zero attached hydrogens (tertiary/aromatic N) is 1. The zero-order valence-electron chi connectivity index (χ0n) is 11.8. The molecule has 1 saturated carbocycles. The van der Waals surface area contributed by atoms with E-state index in [0.717, 1.165) is 18.5 Å². The Balaban J connectivity index is 2.13. The molecule has 0 aliphatic heterocycles. The lowest BCUT2D eigenvalue weighted by atomic mass is 10.1. The van der Waals surface area contributed by atoms with Crippen LogP contribution in [-0.2, 0) is 15.9 Å². The summed E-state index contributed by atoms with van der Waals surface area (Å²) in [6.45, 7) is 4.84. The summed E-state index contributed by atoms with van der Waals surface area (Å²) < 4.78 is 15.7. The molecule has 1 aromatic rings. The van der Waals surface area contributed by atoms with Crippen molar-refractivity contribution in [3.63, 3.8) is 0 Å². The average Bonchev–Trinajstić information content (AvgIpc) is 3.12. The molecule has 0 bridgehead atoms. The molecule has 1 aliphatic carbocycles. The van der Waals surface area contributed by atoms with E-state index in [0.29, 0.717) is 43.1 Å². The van der Waals surface area contributed by atoms with Gasteiger partial charge in [0.2, 0.25) is 5.76 Å². The fourth-order valence-electron chi connectivity index (χ4n) is 2.08. The van der Waals surface area contributed by atoms with E-state index < -0.39 is 5.97 Å². The fourth-order valence-corrected chi connectivity index (χ4v) is 2.08. The number of aromatic nitrogens is 1. The van der Waals surface area contributed by atoms with Gasteiger partial charge in [0.15, 0.2) is 5.89 Å². The molecule has 1 atom stereocenters. The topological polar surface area (TPSA) is 61.6 Å². The molecule has 5 heteroatoms. The monoisotopic (exact) mass is 267 g/mol. The van der Waals surface area contributed by atoms with Gasteiger partial charge < -0.3 is 13.9 Å². The van der Waals surface area contributed by atoms with Crippen LogP contribution < -0.4 is 0 Å². The molecular weight excluding hydrogens is 246 g/mol. The van der Waals surface area contributed by atoms with Gasteiger partial charge in [0.1, 0.15) is 0 Å². The Hall–Kier alpha value is -1.36. The molecule has 0 spiro atoms. The maximum absolute atomic E-state index is 11.8. The van der Waals surface area contributed by atoms with Crippen molar-refractivity contribution in [2.75, 3.05) is 20.3 Å². The Labute approximate surface area is 113 Å². The Morgan fingerprint density at radius 1 is 1.53 bits per heavy atom. The SMILES string of the molecule is CCOC(=O)c1oc(CC(C)COC)nc1C1CC1. The smallest absolute Gasteiger partial charge is 0.376 e. The van der Waals surface area contributed by atoms with Crippen molar-refractivity contribution in [3.8, 4) is 0 Å². The molecule has 1 fully saturated rings. The van der Waals surface area contributed by atoms with E-state index in [2.05, 4.69) is 11.9 Å². The van der Waals surface area contributed by atoms with Crippen molar-refractivity contribution in [2.24, 2.45) is 5.92 Å². The number of carbonyl (C=O) groups is 1. The minimum absolute atomic E-state index is 0.295. The molecule has 0 aromatic carbocycles. The lowest BCUT2D eigenvalue weighted by Crippen LogP contribution is -2.07. The van der Waals surface area contributed by atoms with E-state index in [1.54, 1.807) is 14.0 Å². The number of hydrogen-bond acceptors (Lipinski definition) is 5. The molecule has 1 heterocycles. The Morgan fingerprint density at radius 2 is 2.26 bits per heavy atom. The highest BCUT2D eigenvalue weighted by molar-refractivity contribution is 5.87. The van der Waals surface area contributed by atoms with Crippen molar-refractivity contribution < 1.29 is 18.7 Å². The summed E-state index contributed by atoms with van der Waals surface area (Å²) in [5, 5.41) is 0. The standard InChI is InChI=1S/C14H21NO4/c1-4-18-14(16)13-12(10-5-6-10)15-11(19-13)7-9(2)8-17-3/h9-10H,4-8H2,1-3H3. The van der Waals surface area contributed by atoms with Crippen LogP contribution in [0, 0.1) is 5.92 Å². The van der Waals surface area contributed by atoms with Crippen LogP contribution in [0.1, 0.15) is 54.7 Å². The van der Waals surface area contributed by atoms with Gasteiger partial charge in [0, 0.05) is 26.1 Å². The van der Waals surface area contributed by atoms with E-state index in [1.165, 1.54) is 0 Å². The molecule has 2 rings (SSSR count). The van der Waals surface area contributed by atoms with E-state index >= 15 is 0 Å². The molecule has 0 amide bonds. The summed E-state index contributed by atoms with van der Waals surface area (Å²) in [6.07, 6.45) is 2.82. The summed E-state index contributed by atoms with van der Waals surface area (Å²) in [5.74, 6) is 1.18. The Kier molecular flexibility index (Phi) is 4.58. The second kappa shape index (κ2) is 6.19. The molecule has 1 aromatic heterocycles. The molecule has 1 aliphatic rings. The predicted molar refractivity (Wildman–Crippen MR) is 69.2 cm³/mol. The molecule has 5 nitrogen and oxygen atoms in total. The normalized spacial score (nSPS) is 16.4. The van der Waals surface area contributed by atoms with Gasteiger partial charge in [-0.15, -0.1) is 0 Å². The van der Waals surface area contributed by atoms with E-state index in [1.807, 2.05) is 0 Å². The van der Waals surface area contributed by atoms with Crippen molar-refractivity contribution in [1.82, 2.24) is 4.98 Å². The highest BCUT2D eigenvalue weighted by Crippen LogP contribution is 2.41. The third kappa shape index (κ3) is 3.56.